The van der Waals surface area contributed by atoms with Crippen molar-refractivity contribution in [2.24, 2.45) is 9.98 Å². The Morgan fingerprint density at radius 1 is 1.41 bits per heavy atom. The first-order valence-corrected chi connectivity index (χ1v) is 7.78. The summed E-state index contributed by atoms with van der Waals surface area (Å²) in [6.45, 7) is 0.238. The number of fused-ring (bicyclic) bond motifs is 2. The van der Waals surface area contributed by atoms with E-state index in [-0.39, 0.29) is 13.0 Å². The lowest BCUT2D eigenvalue weighted by Crippen LogP contribution is -2.43. The van der Waals surface area contributed by atoms with Crippen molar-refractivity contribution < 1.29 is 9.47 Å². The predicted molar refractivity (Wildman–Crippen MR) is 82.4 cm³/mol. The van der Waals surface area contributed by atoms with Gasteiger partial charge in [0, 0.05) is 0 Å². The minimum atomic E-state index is -0.295. The first kappa shape index (κ1) is 13.2. The summed E-state index contributed by atoms with van der Waals surface area (Å²) in [5, 5.41) is 11.7. The van der Waals surface area contributed by atoms with E-state index in [9.17, 15) is 5.26 Å². The summed E-state index contributed by atoms with van der Waals surface area (Å²) in [6.07, 6.45) is 3.18. The minimum Gasteiger partial charge on any atom is -0.454 e. The van der Waals surface area contributed by atoms with Crippen molar-refractivity contribution in [1.82, 2.24) is 10.4 Å². The highest BCUT2D eigenvalue weighted by molar-refractivity contribution is 8.13. The summed E-state index contributed by atoms with van der Waals surface area (Å²) >= 11 is 1.49. The second-order valence-corrected chi connectivity index (χ2v) is 5.48. The molecule has 3 aliphatic rings. The SMILES string of the molecule is CSC1=NC=C(C#N)C2=NC(c3ccc4c(c3)OCO4)NN12. The van der Waals surface area contributed by atoms with Crippen LogP contribution >= 0.6 is 11.8 Å². The largest absolute Gasteiger partial charge is 0.454 e. The lowest BCUT2D eigenvalue weighted by Gasteiger charge is -2.23. The summed E-state index contributed by atoms with van der Waals surface area (Å²) in [6, 6.07) is 7.81. The Kier molecular flexibility index (Phi) is 3.03. The number of aliphatic imine (C=N–C) groups is 2. The van der Waals surface area contributed by atoms with Gasteiger partial charge in [-0.05, 0) is 24.0 Å². The number of nitrogens with zero attached hydrogens (tertiary/aromatic N) is 4. The van der Waals surface area contributed by atoms with Crippen LogP contribution in [-0.2, 0) is 0 Å². The molecule has 1 aromatic carbocycles. The van der Waals surface area contributed by atoms with Crippen LogP contribution in [0.4, 0.5) is 0 Å². The van der Waals surface area contributed by atoms with Gasteiger partial charge in [-0.1, -0.05) is 17.8 Å². The quantitative estimate of drug-likeness (QED) is 0.851. The van der Waals surface area contributed by atoms with Crippen LogP contribution in [0.25, 0.3) is 0 Å². The van der Waals surface area contributed by atoms with Crippen molar-refractivity contribution in [2.45, 2.75) is 6.17 Å². The van der Waals surface area contributed by atoms with E-state index in [2.05, 4.69) is 21.5 Å². The van der Waals surface area contributed by atoms with Gasteiger partial charge in [-0.25, -0.2) is 15.0 Å². The molecular weight excluding hydrogens is 302 g/mol. The van der Waals surface area contributed by atoms with E-state index in [1.807, 2.05) is 24.5 Å². The van der Waals surface area contributed by atoms with Gasteiger partial charge in [-0.2, -0.15) is 10.7 Å². The Morgan fingerprint density at radius 3 is 3.09 bits per heavy atom. The van der Waals surface area contributed by atoms with E-state index in [0.717, 1.165) is 16.5 Å². The monoisotopic (exact) mass is 313 g/mol. The number of benzene rings is 1. The minimum absolute atomic E-state index is 0.238. The highest BCUT2D eigenvalue weighted by atomic mass is 32.2. The molecule has 3 heterocycles. The van der Waals surface area contributed by atoms with Crippen LogP contribution in [0.3, 0.4) is 0 Å². The number of thioether (sulfide) groups is 1. The Morgan fingerprint density at radius 2 is 2.27 bits per heavy atom. The van der Waals surface area contributed by atoms with E-state index in [0.29, 0.717) is 17.2 Å². The third kappa shape index (κ3) is 1.94. The van der Waals surface area contributed by atoms with Gasteiger partial charge in [0.1, 0.15) is 17.8 Å². The van der Waals surface area contributed by atoms with Crippen LogP contribution in [0.2, 0.25) is 0 Å². The standard InChI is InChI=1S/C14H11N5O2S/c1-22-14-16-6-9(5-15)13-17-12(18-19(13)14)8-2-3-10-11(4-8)21-7-20-10/h2-4,6,12,18H,7H2,1H3. The first-order chi connectivity index (χ1) is 10.8. The van der Waals surface area contributed by atoms with Crippen molar-refractivity contribution in [3.8, 4) is 17.6 Å². The van der Waals surface area contributed by atoms with Gasteiger partial charge >= 0.3 is 0 Å². The molecule has 0 saturated carbocycles. The molecule has 0 saturated heterocycles. The zero-order chi connectivity index (χ0) is 15.1. The zero-order valence-corrected chi connectivity index (χ0v) is 12.4. The maximum atomic E-state index is 9.21. The molecule has 0 bridgehead atoms. The number of ether oxygens (including phenoxy) is 2. The number of hydrazine groups is 1. The molecule has 8 heteroatoms. The van der Waals surface area contributed by atoms with Crippen LogP contribution in [-0.4, -0.2) is 29.1 Å². The van der Waals surface area contributed by atoms with E-state index >= 15 is 0 Å². The number of nitriles is 1. The van der Waals surface area contributed by atoms with Crippen LogP contribution in [0.15, 0.2) is 40.0 Å². The third-order valence-corrected chi connectivity index (χ3v) is 4.12. The van der Waals surface area contributed by atoms with Gasteiger partial charge in [0.2, 0.25) is 6.79 Å². The van der Waals surface area contributed by atoms with E-state index in [1.54, 1.807) is 11.2 Å². The molecule has 4 rings (SSSR count). The summed E-state index contributed by atoms with van der Waals surface area (Å²) in [4.78, 5) is 8.87. The Balaban J connectivity index is 1.69. The van der Waals surface area contributed by atoms with E-state index in [1.165, 1.54) is 11.8 Å². The molecule has 7 nitrogen and oxygen atoms in total. The van der Waals surface area contributed by atoms with Crippen LogP contribution in [0.1, 0.15) is 11.7 Å². The molecule has 0 fully saturated rings. The van der Waals surface area contributed by atoms with Crippen LogP contribution < -0.4 is 14.9 Å². The summed E-state index contributed by atoms with van der Waals surface area (Å²) in [7, 11) is 0. The van der Waals surface area contributed by atoms with Crippen LogP contribution in [0.5, 0.6) is 11.5 Å². The second kappa shape index (κ2) is 5.05. The van der Waals surface area contributed by atoms with Gasteiger partial charge < -0.3 is 9.47 Å². The van der Waals surface area contributed by atoms with E-state index in [4.69, 9.17) is 9.47 Å². The van der Waals surface area contributed by atoms with Gasteiger partial charge in [0.15, 0.2) is 22.5 Å². The number of nitrogens with one attached hydrogen (secondary N) is 1. The summed E-state index contributed by atoms with van der Waals surface area (Å²) in [5.74, 6) is 2.03. The molecule has 3 aliphatic heterocycles. The number of amidine groups is 2. The molecule has 0 amide bonds. The lowest BCUT2D eigenvalue weighted by atomic mass is 10.1. The molecule has 22 heavy (non-hydrogen) atoms. The highest BCUT2D eigenvalue weighted by Gasteiger charge is 2.33. The zero-order valence-electron chi connectivity index (χ0n) is 11.6. The highest BCUT2D eigenvalue weighted by Crippen LogP contribution is 2.36. The summed E-state index contributed by atoms with van der Waals surface area (Å²) < 4.78 is 10.7. The number of hydrogen-bond acceptors (Lipinski definition) is 8. The van der Waals surface area contributed by atoms with Gasteiger partial charge in [-0.15, -0.1) is 0 Å². The maximum Gasteiger partial charge on any atom is 0.231 e. The number of rotatable bonds is 1. The van der Waals surface area contributed by atoms with Gasteiger partial charge in [-0.3, -0.25) is 0 Å². The second-order valence-electron chi connectivity index (χ2n) is 4.70. The molecule has 1 aromatic rings. The Hall–Kier alpha value is -2.50. The smallest absolute Gasteiger partial charge is 0.231 e. The van der Waals surface area contributed by atoms with Crippen molar-refractivity contribution >= 4 is 22.8 Å². The molecule has 0 radical (unpaired) electrons. The molecule has 0 aromatic heterocycles. The van der Waals surface area contributed by atoms with Crippen LogP contribution in [0, 0.1) is 11.3 Å². The number of hydrogen-bond donors (Lipinski definition) is 1. The molecule has 0 spiro atoms. The van der Waals surface area contributed by atoms with Gasteiger partial charge in [0.25, 0.3) is 0 Å². The lowest BCUT2D eigenvalue weighted by molar-refractivity contribution is 0.174. The topological polar surface area (TPSA) is 82.2 Å². The fourth-order valence-electron chi connectivity index (χ4n) is 2.42. The van der Waals surface area contributed by atoms with Crippen molar-refractivity contribution in [3.05, 3.63) is 35.5 Å². The summed E-state index contributed by atoms with van der Waals surface area (Å²) in [5.41, 5.74) is 4.63. The Bertz CT molecular complexity index is 780. The fraction of sp³-hybridized carbons (Fsp3) is 0.214. The molecule has 0 aliphatic carbocycles. The molecule has 110 valence electrons. The maximum absolute atomic E-state index is 9.21. The average Bonchev–Trinajstić information content (AvgIpc) is 3.19. The molecular formula is C14H11N5O2S. The molecule has 1 unspecified atom stereocenters. The molecule has 1 atom stereocenters. The fourth-order valence-corrected chi connectivity index (χ4v) is 2.90. The first-order valence-electron chi connectivity index (χ1n) is 6.56. The van der Waals surface area contributed by atoms with Crippen molar-refractivity contribution in [3.63, 3.8) is 0 Å². The predicted octanol–water partition coefficient (Wildman–Crippen LogP) is 1.77. The Labute approximate surface area is 130 Å². The van der Waals surface area contributed by atoms with Gasteiger partial charge in [0.05, 0.1) is 6.20 Å². The van der Waals surface area contributed by atoms with Crippen molar-refractivity contribution in [2.75, 3.05) is 13.0 Å². The van der Waals surface area contributed by atoms with Crippen molar-refractivity contribution in [1.29, 1.82) is 5.26 Å². The average molecular weight is 313 g/mol. The normalized spacial score (nSPS) is 21.7. The van der Waals surface area contributed by atoms with E-state index < -0.39 is 0 Å². The third-order valence-electron chi connectivity index (χ3n) is 3.47. The molecule has 1 N–H and O–H groups in total.